The lowest BCUT2D eigenvalue weighted by atomic mass is 9.78. The molecule has 0 spiro atoms. The van der Waals surface area contributed by atoms with Gasteiger partial charge >= 0.3 is 18.1 Å². The van der Waals surface area contributed by atoms with Crippen molar-refractivity contribution < 1.29 is 35.9 Å². The van der Waals surface area contributed by atoms with Crippen molar-refractivity contribution in [3.05, 3.63) is 30.1 Å². The van der Waals surface area contributed by atoms with E-state index >= 15 is 0 Å². The van der Waals surface area contributed by atoms with Crippen molar-refractivity contribution in [3.8, 4) is 5.75 Å². The molecule has 0 saturated heterocycles. The minimum Gasteiger partial charge on any atom is -0.426 e. The summed E-state index contributed by atoms with van der Waals surface area (Å²) in [7, 11) is 0. The van der Waals surface area contributed by atoms with Gasteiger partial charge in [0, 0.05) is 5.92 Å². The van der Waals surface area contributed by atoms with E-state index in [1.54, 1.807) is 0 Å². The molecule has 0 heterocycles. The van der Waals surface area contributed by atoms with E-state index in [-0.39, 0.29) is 18.6 Å². The smallest absolute Gasteiger partial charge is 0.426 e. The number of carbonyl (C=O) groups is 1. The van der Waals surface area contributed by atoms with Gasteiger partial charge in [0.05, 0.1) is 5.92 Å². The van der Waals surface area contributed by atoms with Gasteiger partial charge in [0.15, 0.2) is 0 Å². The van der Waals surface area contributed by atoms with Crippen LogP contribution in [0.25, 0.3) is 0 Å². The standard InChI is InChI=1S/C15H14F6O2/c16-11-5-7-12(8-6-11)23-13(22)9-1-3-10(4-2-9)14(17,18)15(19,20)21/h5-10H,1-4H2/t9-,10-. The molecule has 1 aromatic carbocycles. The van der Waals surface area contributed by atoms with Gasteiger partial charge in [0.2, 0.25) is 0 Å². The van der Waals surface area contributed by atoms with Crippen LogP contribution >= 0.6 is 0 Å². The summed E-state index contributed by atoms with van der Waals surface area (Å²) in [6.07, 6.45) is -6.60. The fourth-order valence-electron chi connectivity index (χ4n) is 2.63. The lowest BCUT2D eigenvalue weighted by Gasteiger charge is -2.33. The lowest BCUT2D eigenvalue weighted by molar-refractivity contribution is -0.306. The molecule has 1 aliphatic carbocycles. The van der Waals surface area contributed by atoms with Crippen LogP contribution in [0.1, 0.15) is 25.7 Å². The minimum absolute atomic E-state index is 0.0964. The molecule has 0 amide bonds. The summed E-state index contributed by atoms with van der Waals surface area (Å²) in [5.41, 5.74) is 0. The van der Waals surface area contributed by atoms with Gasteiger partial charge in [0.25, 0.3) is 0 Å². The average molecular weight is 340 g/mol. The van der Waals surface area contributed by atoms with Crippen molar-refractivity contribution in [1.82, 2.24) is 0 Å². The predicted octanol–water partition coefficient (Wildman–Crippen LogP) is 4.74. The van der Waals surface area contributed by atoms with E-state index in [2.05, 4.69) is 0 Å². The molecule has 0 aromatic heterocycles. The molecule has 23 heavy (non-hydrogen) atoms. The van der Waals surface area contributed by atoms with Gasteiger partial charge in [-0.15, -0.1) is 0 Å². The van der Waals surface area contributed by atoms with E-state index in [1.807, 2.05) is 0 Å². The summed E-state index contributed by atoms with van der Waals surface area (Å²) < 4.78 is 81.2. The maximum atomic E-state index is 13.3. The predicted molar refractivity (Wildman–Crippen MR) is 68.5 cm³/mol. The zero-order chi connectivity index (χ0) is 17.3. The van der Waals surface area contributed by atoms with Gasteiger partial charge in [-0.25, -0.2) is 4.39 Å². The van der Waals surface area contributed by atoms with E-state index in [4.69, 9.17) is 4.74 Å². The van der Waals surface area contributed by atoms with Crippen LogP contribution in [-0.2, 0) is 4.79 Å². The molecule has 2 rings (SSSR count). The maximum Gasteiger partial charge on any atom is 0.453 e. The van der Waals surface area contributed by atoms with Crippen LogP contribution in [-0.4, -0.2) is 18.1 Å². The highest BCUT2D eigenvalue weighted by molar-refractivity contribution is 5.75. The first-order chi connectivity index (χ1) is 10.6. The number of hydrogen-bond acceptors (Lipinski definition) is 2. The summed E-state index contributed by atoms with van der Waals surface area (Å²) in [6.45, 7) is 0. The van der Waals surface area contributed by atoms with Crippen molar-refractivity contribution in [2.75, 3.05) is 0 Å². The number of hydrogen-bond donors (Lipinski definition) is 0. The number of ether oxygens (including phenoxy) is 1. The highest BCUT2D eigenvalue weighted by Gasteiger charge is 2.62. The number of esters is 1. The molecule has 0 aliphatic heterocycles. The molecule has 128 valence electrons. The largest absolute Gasteiger partial charge is 0.453 e. The topological polar surface area (TPSA) is 26.3 Å². The van der Waals surface area contributed by atoms with Crippen molar-refractivity contribution in [2.45, 2.75) is 37.8 Å². The van der Waals surface area contributed by atoms with Gasteiger partial charge in [-0.05, 0) is 49.9 Å². The highest BCUT2D eigenvalue weighted by atomic mass is 19.4. The maximum absolute atomic E-state index is 13.3. The highest BCUT2D eigenvalue weighted by Crippen LogP contribution is 2.47. The van der Waals surface area contributed by atoms with Gasteiger partial charge in [-0.1, -0.05) is 0 Å². The van der Waals surface area contributed by atoms with E-state index in [1.165, 1.54) is 12.1 Å². The molecule has 0 bridgehead atoms. The summed E-state index contributed by atoms with van der Waals surface area (Å²) in [5.74, 6) is -8.43. The van der Waals surface area contributed by atoms with Gasteiger partial charge in [-0.2, -0.15) is 22.0 Å². The molecule has 1 fully saturated rings. The Kier molecular flexibility index (Phi) is 4.91. The lowest BCUT2D eigenvalue weighted by Crippen LogP contribution is -2.45. The van der Waals surface area contributed by atoms with Crippen LogP contribution in [0.4, 0.5) is 26.3 Å². The Labute approximate surface area is 128 Å². The van der Waals surface area contributed by atoms with Crippen molar-refractivity contribution in [3.63, 3.8) is 0 Å². The molecule has 1 aromatic rings. The SMILES string of the molecule is O=C(Oc1ccc(F)cc1)[C@H]1CC[C@H](C(F)(F)C(F)(F)F)CC1. The second kappa shape index (κ2) is 6.41. The fourth-order valence-corrected chi connectivity index (χ4v) is 2.63. The Bertz CT molecular complexity index is 544. The summed E-state index contributed by atoms with van der Waals surface area (Å²) in [6, 6.07) is 4.64. The molecular formula is C15H14F6O2. The molecular weight excluding hydrogens is 326 g/mol. The first-order valence-corrected chi connectivity index (χ1v) is 7.03. The second-order valence-corrected chi connectivity index (χ2v) is 5.54. The third-order valence-electron chi connectivity index (χ3n) is 3.98. The number of benzene rings is 1. The second-order valence-electron chi connectivity index (χ2n) is 5.54. The Balaban J connectivity index is 1.91. The number of carbonyl (C=O) groups excluding carboxylic acids is 1. The van der Waals surface area contributed by atoms with Crippen LogP contribution in [0.5, 0.6) is 5.75 Å². The molecule has 1 aliphatic rings. The third kappa shape index (κ3) is 3.97. The molecule has 0 atom stereocenters. The molecule has 1 saturated carbocycles. The fraction of sp³-hybridized carbons (Fsp3) is 0.533. The minimum atomic E-state index is -5.58. The zero-order valence-electron chi connectivity index (χ0n) is 11.9. The van der Waals surface area contributed by atoms with Crippen LogP contribution in [0, 0.1) is 17.7 Å². The van der Waals surface area contributed by atoms with Crippen LogP contribution in [0.2, 0.25) is 0 Å². The number of halogens is 6. The Morgan fingerprint density at radius 3 is 1.96 bits per heavy atom. The van der Waals surface area contributed by atoms with Gasteiger partial charge in [0.1, 0.15) is 11.6 Å². The third-order valence-corrected chi connectivity index (χ3v) is 3.98. The van der Waals surface area contributed by atoms with Gasteiger partial charge < -0.3 is 4.74 Å². The number of rotatable bonds is 3. The summed E-state index contributed by atoms with van der Waals surface area (Å²) in [4.78, 5) is 11.9. The zero-order valence-corrected chi connectivity index (χ0v) is 11.9. The normalized spacial score (nSPS) is 22.7. The summed E-state index contributed by atoms with van der Waals surface area (Å²) in [5, 5.41) is 0. The summed E-state index contributed by atoms with van der Waals surface area (Å²) >= 11 is 0. The van der Waals surface area contributed by atoms with Gasteiger partial charge in [-0.3, -0.25) is 4.79 Å². The molecule has 8 heteroatoms. The molecule has 0 unspecified atom stereocenters. The molecule has 2 nitrogen and oxygen atoms in total. The first kappa shape index (κ1) is 17.6. The quantitative estimate of drug-likeness (QED) is 0.451. The first-order valence-electron chi connectivity index (χ1n) is 7.03. The Morgan fingerprint density at radius 1 is 0.957 bits per heavy atom. The molecule has 0 N–H and O–H groups in total. The monoisotopic (exact) mass is 340 g/mol. The Morgan fingerprint density at radius 2 is 1.48 bits per heavy atom. The van der Waals surface area contributed by atoms with Crippen molar-refractivity contribution in [2.24, 2.45) is 11.8 Å². The van der Waals surface area contributed by atoms with Crippen LogP contribution in [0.3, 0.4) is 0 Å². The average Bonchev–Trinajstić information content (AvgIpc) is 2.48. The Hall–Kier alpha value is -1.73. The van der Waals surface area contributed by atoms with Crippen molar-refractivity contribution >= 4 is 5.97 Å². The molecule has 0 radical (unpaired) electrons. The van der Waals surface area contributed by atoms with Crippen LogP contribution < -0.4 is 4.74 Å². The van der Waals surface area contributed by atoms with E-state index in [9.17, 15) is 31.1 Å². The van der Waals surface area contributed by atoms with Crippen LogP contribution in [0.15, 0.2) is 24.3 Å². The number of alkyl halides is 5. The van der Waals surface area contributed by atoms with E-state index in [0.29, 0.717) is 0 Å². The van der Waals surface area contributed by atoms with E-state index < -0.39 is 48.6 Å². The van der Waals surface area contributed by atoms with E-state index in [0.717, 1.165) is 12.1 Å². The van der Waals surface area contributed by atoms with Crippen molar-refractivity contribution in [1.29, 1.82) is 0 Å².